The highest BCUT2D eigenvalue weighted by molar-refractivity contribution is 6.31. The van der Waals surface area contributed by atoms with Gasteiger partial charge >= 0.3 is 5.97 Å². The van der Waals surface area contributed by atoms with Crippen molar-refractivity contribution in [2.75, 3.05) is 18.0 Å². The second kappa shape index (κ2) is 7.61. The monoisotopic (exact) mass is 421 g/mol. The highest BCUT2D eigenvalue weighted by Gasteiger charge is 2.22. The second-order valence-electron chi connectivity index (χ2n) is 7.60. The fourth-order valence-corrected chi connectivity index (χ4v) is 4.13. The molecule has 0 bridgehead atoms. The molecule has 1 aliphatic heterocycles. The average Bonchev–Trinajstić information content (AvgIpc) is 2.97. The van der Waals surface area contributed by atoms with Crippen LogP contribution in [0.15, 0.2) is 46.9 Å². The number of carbonyl (C=O) groups is 1. The fraction of sp³-hybridized carbons (Fsp3) is 0.261. The molecular formula is C23H20ClN3O3. The zero-order valence-electron chi connectivity index (χ0n) is 16.3. The highest BCUT2D eigenvalue weighted by Crippen LogP contribution is 2.35. The number of fused-ring (bicyclic) bond motifs is 2. The smallest absolute Gasteiger partial charge is 0.335 e. The quantitative estimate of drug-likeness (QED) is 0.452. The second-order valence-corrected chi connectivity index (χ2v) is 8.03. The summed E-state index contributed by atoms with van der Waals surface area (Å²) in [6.45, 7) is 1.77. The molecule has 5 rings (SSSR count). The zero-order valence-corrected chi connectivity index (χ0v) is 17.0. The van der Waals surface area contributed by atoms with E-state index in [0.717, 1.165) is 37.1 Å². The molecule has 2 aromatic carbocycles. The summed E-state index contributed by atoms with van der Waals surface area (Å²) in [6.07, 6.45) is 4.56. The average molecular weight is 422 g/mol. The normalized spacial score (nSPS) is 14.9. The molecule has 152 valence electrons. The van der Waals surface area contributed by atoms with Gasteiger partial charge in [-0.3, -0.25) is 0 Å². The molecule has 30 heavy (non-hydrogen) atoms. The molecule has 0 unspecified atom stereocenters. The number of halogens is 1. The van der Waals surface area contributed by atoms with Crippen LogP contribution in [0.4, 0.5) is 5.82 Å². The number of hydrogen-bond acceptors (Lipinski definition) is 5. The van der Waals surface area contributed by atoms with E-state index >= 15 is 0 Å². The molecule has 0 aliphatic carbocycles. The summed E-state index contributed by atoms with van der Waals surface area (Å²) in [4.78, 5) is 23.4. The molecule has 2 aromatic heterocycles. The molecule has 1 saturated heterocycles. The zero-order chi connectivity index (χ0) is 20.7. The maximum atomic E-state index is 11.4. The fourth-order valence-electron chi connectivity index (χ4n) is 3.97. The van der Waals surface area contributed by atoms with Gasteiger partial charge in [-0.15, -0.1) is 0 Å². The molecule has 6 nitrogen and oxygen atoms in total. The maximum absolute atomic E-state index is 11.4. The highest BCUT2D eigenvalue weighted by atomic mass is 35.5. The van der Waals surface area contributed by atoms with Crippen molar-refractivity contribution in [2.24, 2.45) is 0 Å². The Morgan fingerprint density at radius 2 is 1.77 bits per heavy atom. The van der Waals surface area contributed by atoms with E-state index in [0.29, 0.717) is 33.1 Å². The number of nitrogens with zero attached hydrogens (tertiary/aromatic N) is 3. The lowest BCUT2D eigenvalue weighted by Crippen LogP contribution is -2.26. The molecule has 0 amide bonds. The first-order chi connectivity index (χ1) is 14.6. The molecular weight excluding hydrogens is 402 g/mol. The van der Waals surface area contributed by atoms with Crippen LogP contribution in [0.25, 0.3) is 33.5 Å². The van der Waals surface area contributed by atoms with Gasteiger partial charge in [-0.1, -0.05) is 24.4 Å². The van der Waals surface area contributed by atoms with Gasteiger partial charge in [0.2, 0.25) is 0 Å². The van der Waals surface area contributed by atoms with Crippen LogP contribution < -0.4 is 4.90 Å². The summed E-state index contributed by atoms with van der Waals surface area (Å²) in [5, 5.41) is 10.9. The van der Waals surface area contributed by atoms with E-state index in [9.17, 15) is 9.90 Å². The maximum Gasteiger partial charge on any atom is 0.335 e. The van der Waals surface area contributed by atoms with Crippen molar-refractivity contribution >= 4 is 45.4 Å². The number of aromatic nitrogens is 2. The minimum atomic E-state index is -0.978. The molecule has 1 fully saturated rings. The van der Waals surface area contributed by atoms with E-state index in [4.69, 9.17) is 26.0 Å². The lowest BCUT2D eigenvalue weighted by Gasteiger charge is -2.23. The minimum absolute atomic E-state index is 0.199. The van der Waals surface area contributed by atoms with Gasteiger partial charge in [0, 0.05) is 29.6 Å². The lowest BCUT2D eigenvalue weighted by atomic mass is 10.1. The molecule has 3 heterocycles. The molecule has 0 atom stereocenters. The van der Waals surface area contributed by atoms with Crippen molar-refractivity contribution < 1.29 is 14.3 Å². The molecule has 4 aromatic rings. The summed E-state index contributed by atoms with van der Waals surface area (Å²) in [5.74, 6) is 0.383. The van der Waals surface area contributed by atoms with Crippen molar-refractivity contribution in [3.63, 3.8) is 0 Å². The lowest BCUT2D eigenvalue weighted by molar-refractivity contribution is 0.0697. The number of anilines is 1. The SMILES string of the molecule is O=C(O)c1ccc2nc(-c3cc4ccc(Cl)cc4o3)c(N3CCCCCC3)nc2c1. The van der Waals surface area contributed by atoms with Gasteiger partial charge in [0.25, 0.3) is 0 Å². The van der Waals surface area contributed by atoms with Crippen LogP contribution >= 0.6 is 11.6 Å². The van der Waals surface area contributed by atoms with Crippen LogP contribution in [-0.2, 0) is 0 Å². The van der Waals surface area contributed by atoms with Crippen LogP contribution in [0.2, 0.25) is 5.02 Å². The Hall–Kier alpha value is -3.12. The summed E-state index contributed by atoms with van der Waals surface area (Å²) in [6, 6.07) is 12.3. The first-order valence-corrected chi connectivity index (χ1v) is 10.5. The Labute approximate surface area is 178 Å². The number of aromatic carboxylic acids is 1. The Kier molecular flexibility index (Phi) is 4.79. The van der Waals surface area contributed by atoms with Gasteiger partial charge in [0.05, 0.1) is 16.6 Å². The summed E-state index contributed by atoms with van der Waals surface area (Å²) >= 11 is 6.12. The van der Waals surface area contributed by atoms with Crippen LogP contribution in [0.5, 0.6) is 0 Å². The number of hydrogen-bond donors (Lipinski definition) is 1. The number of rotatable bonds is 3. The minimum Gasteiger partial charge on any atom is -0.478 e. The van der Waals surface area contributed by atoms with Gasteiger partial charge in [0.1, 0.15) is 11.3 Å². The molecule has 0 saturated carbocycles. The molecule has 1 aliphatic rings. The van der Waals surface area contributed by atoms with Gasteiger partial charge in [-0.05, 0) is 49.2 Å². The number of carboxylic acid groups (broad SMARTS) is 1. The Morgan fingerprint density at radius 3 is 2.53 bits per heavy atom. The van der Waals surface area contributed by atoms with Crippen LogP contribution in [0.1, 0.15) is 36.0 Å². The third-order valence-electron chi connectivity index (χ3n) is 5.51. The third-order valence-corrected chi connectivity index (χ3v) is 5.75. The number of benzene rings is 2. The van der Waals surface area contributed by atoms with Gasteiger partial charge in [0.15, 0.2) is 11.6 Å². The van der Waals surface area contributed by atoms with Crippen LogP contribution in [-0.4, -0.2) is 34.1 Å². The van der Waals surface area contributed by atoms with Gasteiger partial charge in [-0.25, -0.2) is 14.8 Å². The van der Waals surface area contributed by atoms with Gasteiger partial charge in [-0.2, -0.15) is 0 Å². The molecule has 1 N–H and O–H groups in total. The summed E-state index contributed by atoms with van der Waals surface area (Å²) in [5.41, 5.74) is 2.76. The van der Waals surface area contributed by atoms with E-state index in [-0.39, 0.29) is 5.56 Å². The topological polar surface area (TPSA) is 79.5 Å². The van der Waals surface area contributed by atoms with Crippen molar-refractivity contribution in [3.05, 3.63) is 53.1 Å². The molecule has 0 radical (unpaired) electrons. The van der Waals surface area contributed by atoms with Crippen LogP contribution in [0.3, 0.4) is 0 Å². The Balaban J connectivity index is 1.71. The van der Waals surface area contributed by atoms with Crippen molar-refractivity contribution in [2.45, 2.75) is 25.7 Å². The van der Waals surface area contributed by atoms with E-state index in [2.05, 4.69) is 4.90 Å². The standard InChI is InChI=1S/C23H20ClN3O3/c24-16-7-5-14-12-20(30-19(14)13-16)21-22(27-9-3-1-2-4-10-27)26-18-11-15(23(28)29)6-8-17(18)25-21/h5-8,11-13H,1-4,9-10H2,(H,28,29). The van der Waals surface area contributed by atoms with E-state index in [1.807, 2.05) is 18.2 Å². The largest absolute Gasteiger partial charge is 0.478 e. The molecule has 0 spiro atoms. The number of furan rings is 1. The van der Waals surface area contributed by atoms with Gasteiger partial charge < -0.3 is 14.4 Å². The van der Waals surface area contributed by atoms with E-state index in [1.165, 1.54) is 12.8 Å². The van der Waals surface area contributed by atoms with E-state index < -0.39 is 5.97 Å². The predicted molar refractivity (Wildman–Crippen MR) is 117 cm³/mol. The summed E-state index contributed by atoms with van der Waals surface area (Å²) < 4.78 is 6.10. The number of carboxylic acids is 1. The Bertz CT molecular complexity index is 1260. The third kappa shape index (κ3) is 3.48. The van der Waals surface area contributed by atoms with Crippen molar-refractivity contribution in [3.8, 4) is 11.5 Å². The first kappa shape index (κ1) is 18.9. The van der Waals surface area contributed by atoms with E-state index in [1.54, 1.807) is 24.3 Å². The first-order valence-electron chi connectivity index (χ1n) is 10.1. The molecule has 7 heteroatoms. The summed E-state index contributed by atoms with van der Waals surface area (Å²) in [7, 11) is 0. The van der Waals surface area contributed by atoms with Crippen LogP contribution in [0, 0.1) is 0 Å². The van der Waals surface area contributed by atoms with Crippen molar-refractivity contribution in [1.29, 1.82) is 0 Å². The van der Waals surface area contributed by atoms with Crippen molar-refractivity contribution in [1.82, 2.24) is 9.97 Å². The predicted octanol–water partition coefficient (Wildman–Crippen LogP) is 5.78. The Morgan fingerprint density at radius 1 is 0.967 bits per heavy atom.